The number of carbonyl (C=O) groups is 1. The Morgan fingerprint density at radius 2 is 1.79 bits per heavy atom. The molecule has 0 spiro atoms. The zero-order valence-electron chi connectivity index (χ0n) is 16.1. The van der Waals surface area contributed by atoms with Gasteiger partial charge in [-0.05, 0) is 51.2 Å². The number of nitrogens with zero attached hydrogens (tertiary/aromatic N) is 5. The molecule has 0 aliphatic carbocycles. The van der Waals surface area contributed by atoms with Crippen LogP contribution in [0.4, 0.5) is 27.8 Å². The van der Waals surface area contributed by atoms with Gasteiger partial charge in [0.05, 0.1) is 0 Å². The van der Waals surface area contributed by atoms with Crippen LogP contribution in [0.5, 0.6) is 5.75 Å². The summed E-state index contributed by atoms with van der Waals surface area (Å²) in [6, 6.07) is 10.7. The SMILES string of the molecule is CN(C)C1CCN(C(=O)Oc2ccccc2N=Nc2ccc(N)nc2N)CC1. The number of benzene rings is 1. The molecular formula is C19H25N7O2. The van der Waals surface area contributed by atoms with E-state index in [0.29, 0.717) is 42.1 Å². The van der Waals surface area contributed by atoms with Gasteiger partial charge in [-0.2, -0.15) is 0 Å². The molecule has 1 saturated heterocycles. The van der Waals surface area contributed by atoms with Gasteiger partial charge in [-0.3, -0.25) is 0 Å². The molecule has 9 heteroatoms. The van der Waals surface area contributed by atoms with Gasteiger partial charge in [-0.15, -0.1) is 10.2 Å². The molecule has 0 unspecified atom stereocenters. The number of pyridine rings is 1. The lowest BCUT2D eigenvalue weighted by molar-refractivity contribution is 0.118. The maximum absolute atomic E-state index is 12.5. The number of piperidine rings is 1. The molecule has 1 aliphatic heterocycles. The number of rotatable bonds is 4. The second-order valence-electron chi connectivity index (χ2n) is 6.86. The van der Waals surface area contributed by atoms with Crippen LogP contribution in [0.2, 0.25) is 0 Å². The van der Waals surface area contributed by atoms with Gasteiger partial charge in [0.2, 0.25) is 0 Å². The largest absolute Gasteiger partial charge is 0.415 e. The van der Waals surface area contributed by atoms with Crippen LogP contribution in [-0.4, -0.2) is 54.1 Å². The van der Waals surface area contributed by atoms with Crippen LogP contribution in [0.25, 0.3) is 0 Å². The van der Waals surface area contributed by atoms with E-state index < -0.39 is 0 Å². The Hall–Kier alpha value is -3.20. The maximum atomic E-state index is 12.5. The number of carbonyl (C=O) groups excluding carboxylic acids is 1. The van der Waals surface area contributed by atoms with Crippen molar-refractivity contribution in [1.82, 2.24) is 14.8 Å². The molecule has 3 rings (SSSR count). The summed E-state index contributed by atoms with van der Waals surface area (Å²) in [5.74, 6) is 0.832. The number of para-hydroxylation sites is 1. The summed E-state index contributed by atoms with van der Waals surface area (Å²) < 4.78 is 5.57. The molecule has 0 bridgehead atoms. The molecule has 9 nitrogen and oxygen atoms in total. The fourth-order valence-electron chi connectivity index (χ4n) is 3.03. The van der Waals surface area contributed by atoms with Crippen LogP contribution in [0.15, 0.2) is 46.6 Å². The molecule has 0 radical (unpaired) electrons. The third-order valence-corrected chi connectivity index (χ3v) is 4.70. The Balaban J connectivity index is 1.68. The minimum absolute atomic E-state index is 0.182. The summed E-state index contributed by atoms with van der Waals surface area (Å²) in [6.07, 6.45) is 1.47. The van der Waals surface area contributed by atoms with E-state index in [0.717, 1.165) is 12.8 Å². The van der Waals surface area contributed by atoms with E-state index in [1.54, 1.807) is 41.3 Å². The summed E-state index contributed by atoms with van der Waals surface area (Å²) in [5.41, 5.74) is 12.2. The molecule has 0 saturated carbocycles. The van der Waals surface area contributed by atoms with Crippen molar-refractivity contribution in [1.29, 1.82) is 0 Å². The highest BCUT2D eigenvalue weighted by molar-refractivity contribution is 5.73. The predicted octanol–water partition coefficient (Wildman–Crippen LogP) is 3.19. The van der Waals surface area contributed by atoms with Crippen LogP contribution < -0.4 is 16.2 Å². The smallest absolute Gasteiger partial charge is 0.408 e. The van der Waals surface area contributed by atoms with Gasteiger partial charge < -0.3 is 26.0 Å². The number of aromatic nitrogens is 1. The monoisotopic (exact) mass is 383 g/mol. The highest BCUT2D eigenvalue weighted by Gasteiger charge is 2.25. The van der Waals surface area contributed by atoms with E-state index in [1.807, 2.05) is 0 Å². The number of nitrogen functional groups attached to an aromatic ring is 2. The number of hydrogen-bond donors (Lipinski definition) is 2. The topological polar surface area (TPSA) is 122 Å². The molecule has 1 aromatic heterocycles. The molecule has 1 amide bonds. The molecule has 148 valence electrons. The molecule has 0 atom stereocenters. The van der Waals surface area contributed by atoms with E-state index in [2.05, 4.69) is 34.2 Å². The average molecular weight is 383 g/mol. The van der Waals surface area contributed by atoms with Crippen molar-refractivity contribution < 1.29 is 9.53 Å². The summed E-state index contributed by atoms with van der Waals surface area (Å²) in [5, 5.41) is 8.26. The third-order valence-electron chi connectivity index (χ3n) is 4.70. The second kappa shape index (κ2) is 8.66. The van der Waals surface area contributed by atoms with E-state index in [4.69, 9.17) is 16.2 Å². The van der Waals surface area contributed by atoms with Gasteiger partial charge in [-0.1, -0.05) is 12.1 Å². The van der Waals surface area contributed by atoms with Crippen molar-refractivity contribution in [3.63, 3.8) is 0 Å². The molecule has 1 aliphatic rings. The normalized spacial score (nSPS) is 15.3. The minimum atomic E-state index is -0.381. The Morgan fingerprint density at radius 3 is 2.46 bits per heavy atom. The van der Waals surface area contributed by atoms with Gasteiger partial charge in [0.1, 0.15) is 17.2 Å². The standard InChI is InChI=1S/C19H25N7O2/c1-25(2)13-9-11-26(12-10-13)19(27)28-16-6-4-3-5-14(16)23-24-15-7-8-17(20)22-18(15)21/h3-8,13H,9-12H2,1-2H3,(H4,20,21,22). The second-order valence-corrected chi connectivity index (χ2v) is 6.86. The molecule has 28 heavy (non-hydrogen) atoms. The number of amides is 1. The van der Waals surface area contributed by atoms with Crippen molar-refractivity contribution in [2.45, 2.75) is 18.9 Å². The average Bonchev–Trinajstić information content (AvgIpc) is 2.68. The summed E-state index contributed by atoms with van der Waals surface area (Å²) in [6.45, 7) is 1.33. The summed E-state index contributed by atoms with van der Waals surface area (Å²) in [4.78, 5) is 20.4. The number of nitrogens with two attached hydrogens (primary N) is 2. The molecular weight excluding hydrogens is 358 g/mol. The molecule has 2 aromatic rings. The van der Waals surface area contributed by atoms with Crippen LogP contribution in [0, 0.1) is 0 Å². The molecule has 1 aromatic carbocycles. The fraction of sp³-hybridized carbons (Fsp3) is 0.368. The number of hydrogen-bond acceptors (Lipinski definition) is 8. The first-order valence-corrected chi connectivity index (χ1v) is 9.10. The van der Waals surface area contributed by atoms with Gasteiger partial charge in [-0.25, -0.2) is 9.78 Å². The van der Waals surface area contributed by atoms with Gasteiger partial charge in [0.25, 0.3) is 0 Å². The van der Waals surface area contributed by atoms with Crippen molar-refractivity contribution in [2.75, 3.05) is 38.7 Å². The quantitative estimate of drug-likeness (QED) is 0.782. The lowest BCUT2D eigenvalue weighted by Crippen LogP contribution is -2.45. The zero-order valence-corrected chi connectivity index (χ0v) is 16.1. The van der Waals surface area contributed by atoms with Crippen LogP contribution in [0.3, 0.4) is 0 Å². The lowest BCUT2D eigenvalue weighted by Gasteiger charge is -2.34. The summed E-state index contributed by atoms with van der Waals surface area (Å²) >= 11 is 0. The predicted molar refractivity (Wildman–Crippen MR) is 108 cm³/mol. The Morgan fingerprint density at radius 1 is 1.11 bits per heavy atom. The first kappa shape index (κ1) is 19.6. The Bertz CT molecular complexity index is 861. The maximum Gasteiger partial charge on any atom is 0.415 e. The third kappa shape index (κ3) is 4.74. The first-order chi connectivity index (χ1) is 13.4. The number of ether oxygens (including phenoxy) is 1. The zero-order chi connectivity index (χ0) is 20.1. The molecule has 1 fully saturated rings. The van der Waals surface area contributed by atoms with E-state index in [1.165, 1.54) is 0 Å². The van der Waals surface area contributed by atoms with E-state index in [-0.39, 0.29) is 11.9 Å². The number of azo groups is 1. The Labute approximate surface area is 164 Å². The lowest BCUT2D eigenvalue weighted by atomic mass is 10.0. The van der Waals surface area contributed by atoms with Gasteiger partial charge in [0.15, 0.2) is 11.6 Å². The Kier molecular flexibility index (Phi) is 6.05. The van der Waals surface area contributed by atoms with Crippen molar-refractivity contribution in [3.05, 3.63) is 36.4 Å². The molecule has 2 heterocycles. The van der Waals surface area contributed by atoms with Crippen molar-refractivity contribution in [3.8, 4) is 5.75 Å². The fourth-order valence-corrected chi connectivity index (χ4v) is 3.03. The van der Waals surface area contributed by atoms with Crippen molar-refractivity contribution >= 4 is 29.1 Å². The van der Waals surface area contributed by atoms with Crippen LogP contribution in [0.1, 0.15) is 12.8 Å². The van der Waals surface area contributed by atoms with E-state index >= 15 is 0 Å². The van der Waals surface area contributed by atoms with Crippen molar-refractivity contribution in [2.24, 2.45) is 10.2 Å². The highest BCUT2D eigenvalue weighted by Crippen LogP contribution is 2.31. The van der Waals surface area contributed by atoms with E-state index in [9.17, 15) is 4.79 Å². The summed E-state index contributed by atoms with van der Waals surface area (Å²) in [7, 11) is 4.12. The van der Waals surface area contributed by atoms with Crippen LogP contribution >= 0.6 is 0 Å². The first-order valence-electron chi connectivity index (χ1n) is 9.10. The van der Waals surface area contributed by atoms with Gasteiger partial charge >= 0.3 is 6.09 Å². The molecule has 4 N–H and O–H groups in total. The number of anilines is 2. The van der Waals surface area contributed by atoms with Crippen LogP contribution in [-0.2, 0) is 0 Å². The number of likely N-dealkylation sites (tertiary alicyclic amines) is 1. The highest BCUT2D eigenvalue weighted by atomic mass is 16.6. The minimum Gasteiger partial charge on any atom is -0.408 e. The van der Waals surface area contributed by atoms with Gasteiger partial charge in [0, 0.05) is 19.1 Å².